The second kappa shape index (κ2) is 7.85. The maximum atomic E-state index is 9.35. The topological polar surface area (TPSA) is 87.0 Å². The molecule has 3 heterocycles. The van der Waals surface area contributed by atoms with Crippen LogP contribution in [-0.2, 0) is 6.54 Å². The number of pyridine rings is 1. The quantitative estimate of drug-likeness (QED) is 0.273. The Balaban J connectivity index is 1.74. The Bertz CT molecular complexity index is 955. The number of aromatic nitrogens is 3. The molecule has 3 aromatic rings. The zero-order chi connectivity index (χ0) is 18.8. The van der Waals surface area contributed by atoms with Crippen LogP contribution in [0.2, 0.25) is 0 Å². The lowest BCUT2D eigenvalue weighted by molar-refractivity contribution is 0.159. The van der Waals surface area contributed by atoms with Crippen LogP contribution < -0.4 is 16.0 Å². The summed E-state index contributed by atoms with van der Waals surface area (Å²) in [5.41, 5.74) is 4.33. The normalized spacial score (nSPS) is 13.6. The summed E-state index contributed by atoms with van der Waals surface area (Å²) in [6.07, 6.45) is 3.23. The molecule has 4 rings (SSSR count). The number of hydrogen-bond donors (Lipinski definition) is 4. The lowest BCUT2D eigenvalue weighted by Gasteiger charge is -2.19. The van der Waals surface area contributed by atoms with Gasteiger partial charge in [0.2, 0.25) is 0 Å². The predicted molar refractivity (Wildman–Crippen MR) is 109 cm³/mol. The first-order valence-electron chi connectivity index (χ1n) is 9.14. The molecule has 0 aliphatic carbocycles. The zero-order valence-corrected chi connectivity index (χ0v) is 16.3. The molecule has 2 aromatic heterocycles. The number of rotatable bonds is 8. The van der Waals surface area contributed by atoms with Crippen molar-refractivity contribution in [3.05, 3.63) is 30.6 Å². The highest BCUT2D eigenvalue weighted by Crippen LogP contribution is 2.49. The molecule has 1 aliphatic rings. The Labute approximate surface area is 162 Å². The van der Waals surface area contributed by atoms with Crippen molar-refractivity contribution in [2.24, 2.45) is 0 Å². The molecule has 0 spiro atoms. The minimum atomic E-state index is -0.501. The van der Waals surface area contributed by atoms with Crippen LogP contribution >= 0.6 is 11.8 Å². The lowest BCUT2D eigenvalue weighted by atomic mass is 10.1. The van der Waals surface area contributed by atoms with E-state index in [1.165, 1.54) is 15.2 Å². The van der Waals surface area contributed by atoms with Crippen LogP contribution in [0, 0.1) is 0 Å². The van der Waals surface area contributed by atoms with Crippen LogP contribution in [0.5, 0.6) is 0 Å². The van der Waals surface area contributed by atoms with Gasteiger partial charge in [0.05, 0.1) is 12.1 Å². The summed E-state index contributed by atoms with van der Waals surface area (Å²) >= 11 is 1.76. The van der Waals surface area contributed by atoms with Crippen molar-refractivity contribution in [2.45, 2.75) is 29.5 Å². The van der Waals surface area contributed by atoms with E-state index >= 15 is 0 Å². The molecule has 4 N–H and O–H groups in total. The van der Waals surface area contributed by atoms with E-state index in [1.54, 1.807) is 18.7 Å². The van der Waals surface area contributed by atoms with E-state index in [9.17, 15) is 5.11 Å². The van der Waals surface area contributed by atoms with Crippen LogP contribution in [0.4, 0.5) is 5.69 Å². The summed E-state index contributed by atoms with van der Waals surface area (Å²) in [6.45, 7) is 4.83. The number of benzene rings is 1. The number of aliphatic hydroxyl groups is 1. The van der Waals surface area contributed by atoms with E-state index in [4.69, 9.17) is 5.10 Å². The molecular weight excluding hydrogens is 360 g/mol. The largest absolute Gasteiger partial charge is 0.383 e. The van der Waals surface area contributed by atoms with E-state index in [1.807, 2.05) is 25.5 Å². The van der Waals surface area contributed by atoms with Gasteiger partial charge in [0, 0.05) is 58.5 Å². The zero-order valence-electron chi connectivity index (χ0n) is 15.5. The summed E-state index contributed by atoms with van der Waals surface area (Å²) in [7, 11) is 1.95. The molecule has 0 radical (unpaired) electrons. The van der Waals surface area contributed by atoms with Crippen molar-refractivity contribution in [3.63, 3.8) is 0 Å². The second-order valence-corrected chi connectivity index (χ2v) is 7.59. The molecule has 142 valence electrons. The summed E-state index contributed by atoms with van der Waals surface area (Å²) in [5.74, 6) is 0. The van der Waals surface area contributed by atoms with Gasteiger partial charge in [0.1, 0.15) is 11.9 Å². The number of nitrogens with one attached hydrogen (secondary N) is 3. The average Bonchev–Trinajstić information content (AvgIpc) is 3.05. The first-order valence-corrected chi connectivity index (χ1v) is 9.96. The molecule has 27 heavy (non-hydrogen) atoms. The third-order valence-electron chi connectivity index (χ3n) is 4.57. The number of nitrogens with zero attached hydrogens (tertiary/aromatic N) is 3. The van der Waals surface area contributed by atoms with Gasteiger partial charge in [-0.25, -0.2) is 0 Å². The van der Waals surface area contributed by atoms with Crippen LogP contribution in [0.15, 0.2) is 40.4 Å². The monoisotopic (exact) mass is 384 g/mol. The van der Waals surface area contributed by atoms with Gasteiger partial charge < -0.3 is 15.7 Å². The lowest BCUT2D eigenvalue weighted by Crippen LogP contribution is -2.30. The Morgan fingerprint density at radius 1 is 1.22 bits per heavy atom. The smallest absolute Gasteiger partial charge is 0.104 e. The molecule has 0 saturated carbocycles. The van der Waals surface area contributed by atoms with Gasteiger partial charge in [-0.15, -0.1) is 0 Å². The summed E-state index contributed by atoms with van der Waals surface area (Å²) in [5, 5.41) is 25.2. The Morgan fingerprint density at radius 3 is 2.93 bits per heavy atom. The number of aliphatic hydroxyl groups excluding tert-OH is 1. The van der Waals surface area contributed by atoms with Gasteiger partial charge >= 0.3 is 0 Å². The van der Waals surface area contributed by atoms with E-state index in [0.717, 1.165) is 42.1 Å². The van der Waals surface area contributed by atoms with Crippen LogP contribution in [0.25, 0.3) is 22.2 Å². The molecular formula is C19H24N6OS. The van der Waals surface area contributed by atoms with E-state index in [-0.39, 0.29) is 0 Å². The first-order chi connectivity index (χ1) is 13.2. The van der Waals surface area contributed by atoms with Crippen LogP contribution in [-0.4, -0.2) is 52.8 Å². The molecule has 0 bridgehead atoms. The Kier molecular flexibility index (Phi) is 5.31. The minimum absolute atomic E-state index is 0.501. The number of fused-ring (bicyclic) bond motifs is 2. The minimum Gasteiger partial charge on any atom is -0.383 e. The molecule has 1 aromatic carbocycles. The molecule has 0 saturated heterocycles. The van der Waals surface area contributed by atoms with Gasteiger partial charge in [0.15, 0.2) is 0 Å². The van der Waals surface area contributed by atoms with Gasteiger partial charge in [-0.3, -0.25) is 15.0 Å². The predicted octanol–water partition coefficient (Wildman–Crippen LogP) is 2.12. The standard InChI is InChI=1S/C19H24N6OS/c1-12(26)22-7-8-23-14-3-4-15-17-18(24-25(15)10-9-20-2)13-11-21-6-5-16(13)27-19(14)17/h3-6,11-12,20,22-23,26H,7-10H2,1-2H3. The third kappa shape index (κ3) is 3.53. The van der Waals surface area contributed by atoms with Crippen molar-refractivity contribution in [3.8, 4) is 11.3 Å². The molecule has 0 fully saturated rings. The summed E-state index contributed by atoms with van der Waals surface area (Å²) < 4.78 is 2.08. The average molecular weight is 385 g/mol. The van der Waals surface area contributed by atoms with Crippen molar-refractivity contribution >= 4 is 28.4 Å². The van der Waals surface area contributed by atoms with E-state index < -0.39 is 6.23 Å². The van der Waals surface area contributed by atoms with Gasteiger partial charge in [0.25, 0.3) is 0 Å². The van der Waals surface area contributed by atoms with Crippen LogP contribution in [0.1, 0.15) is 6.92 Å². The SMILES string of the molecule is CNCCn1nc2c3c(c(NCCNC(C)O)ccc31)Sc1ccncc1-2. The third-order valence-corrected chi connectivity index (χ3v) is 5.78. The number of likely N-dealkylation sites (N-methyl/N-ethyl adjacent to an activating group) is 1. The highest BCUT2D eigenvalue weighted by Gasteiger charge is 2.26. The molecule has 8 heteroatoms. The first kappa shape index (κ1) is 18.2. The molecule has 1 atom stereocenters. The maximum absolute atomic E-state index is 9.35. The fraction of sp³-hybridized carbons (Fsp3) is 0.368. The van der Waals surface area contributed by atoms with Gasteiger partial charge in [-0.05, 0) is 32.2 Å². The maximum Gasteiger partial charge on any atom is 0.104 e. The summed E-state index contributed by atoms with van der Waals surface area (Å²) in [4.78, 5) is 6.68. The van der Waals surface area contributed by atoms with Gasteiger partial charge in [-0.1, -0.05) is 11.8 Å². The fourth-order valence-electron chi connectivity index (χ4n) is 3.30. The van der Waals surface area contributed by atoms with Gasteiger partial charge in [-0.2, -0.15) is 5.10 Å². The van der Waals surface area contributed by atoms with Crippen molar-refractivity contribution in [1.82, 2.24) is 25.4 Å². The Hall–Kier alpha value is -2.13. The highest BCUT2D eigenvalue weighted by atomic mass is 32.2. The second-order valence-electron chi connectivity index (χ2n) is 6.54. The van der Waals surface area contributed by atoms with E-state index in [2.05, 4.69) is 37.7 Å². The van der Waals surface area contributed by atoms with Crippen molar-refractivity contribution in [1.29, 1.82) is 0 Å². The molecule has 1 aliphatic heterocycles. The molecule has 1 unspecified atom stereocenters. The van der Waals surface area contributed by atoms with E-state index in [0.29, 0.717) is 6.54 Å². The highest BCUT2D eigenvalue weighted by molar-refractivity contribution is 8.00. The van der Waals surface area contributed by atoms with Crippen molar-refractivity contribution in [2.75, 3.05) is 32.0 Å². The number of hydrogen-bond acceptors (Lipinski definition) is 7. The molecule has 7 nitrogen and oxygen atoms in total. The summed E-state index contributed by atoms with van der Waals surface area (Å²) in [6, 6.07) is 6.31. The van der Waals surface area contributed by atoms with Crippen LogP contribution in [0.3, 0.4) is 0 Å². The van der Waals surface area contributed by atoms with Crippen molar-refractivity contribution < 1.29 is 5.11 Å². The fourth-order valence-corrected chi connectivity index (χ4v) is 4.46. The molecule has 0 amide bonds. The Morgan fingerprint density at radius 2 is 2.11 bits per heavy atom. The number of anilines is 1.